The van der Waals surface area contributed by atoms with Crippen LogP contribution in [0.4, 0.5) is 0 Å². The molecule has 0 radical (unpaired) electrons. The van der Waals surface area contributed by atoms with Gasteiger partial charge in [-0.15, -0.1) is 0 Å². The lowest BCUT2D eigenvalue weighted by molar-refractivity contribution is 1.19. The van der Waals surface area contributed by atoms with E-state index in [2.05, 4.69) is 162 Å². The molecule has 0 aliphatic heterocycles. The lowest BCUT2D eigenvalue weighted by atomic mass is 9.92. The number of fused-ring (bicyclic) bond motifs is 8. The third kappa shape index (κ3) is 4.80. The molecule has 0 aliphatic carbocycles. The zero-order valence-corrected chi connectivity index (χ0v) is 27.3. The predicted molar refractivity (Wildman–Crippen MR) is 211 cm³/mol. The number of nitrogens with two attached hydrogens (primary N) is 1. The summed E-state index contributed by atoms with van der Waals surface area (Å²) >= 11 is 0. The van der Waals surface area contributed by atoms with Gasteiger partial charge < -0.3 is 10.3 Å². The van der Waals surface area contributed by atoms with Crippen molar-refractivity contribution >= 4 is 59.8 Å². The average molecular weight is 627 g/mol. The van der Waals surface area contributed by atoms with Gasteiger partial charge in [0.25, 0.3) is 0 Å². The molecule has 49 heavy (non-hydrogen) atoms. The first kappa shape index (κ1) is 28.8. The molecule has 2 N–H and O–H groups in total. The molecule has 1 aromatic heterocycles. The molecule has 0 spiro atoms. The summed E-state index contributed by atoms with van der Waals surface area (Å²) in [5.74, 6) is 0. The van der Waals surface area contributed by atoms with Gasteiger partial charge in [0.05, 0.1) is 11.0 Å². The van der Waals surface area contributed by atoms with Gasteiger partial charge in [0, 0.05) is 27.5 Å². The molecule has 0 unspecified atom stereocenters. The lowest BCUT2D eigenvalue weighted by Crippen LogP contribution is -1.97. The molecular formula is C47H34N2. The molecule has 2 heteroatoms. The van der Waals surface area contributed by atoms with E-state index in [1.54, 1.807) is 0 Å². The Labute approximate surface area is 285 Å². The van der Waals surface area contributed by atoms with E-state index < -0.39 is 0 Å². The Morgan fingerprint density at radius 2 is 1.20 bits per heavy atom. The summed E-state index contributed by atoms with van der Waals surface area (Å²) in [6, 6.07) is 57.5. The third-order valence-corrected chi connectivity index (χ3v) is 9.83. The lowest BCUT2D eigenvalue weighted by Gasteiger charge is -2.13. The second kappa shape index (κ2) is 11.7. The summed E-state index contributed by atoms with van der Waals surface area (Å²) in [6.07, 6.45) is 5.93. The van der Waals surface area contributed by atoms with Gasteiger partial charge in [0.2, 0.25) is 0 Å². The van der Waals surface area contributed by atoms with Gasteiger partial charge in [-0.05, 0) is 104 Å². The largest absolute Gasteiger partial charge is 0.398 e. The number of aromatic nitrogens is 1. The van der Waals surface area contributed by atoms with Crippen molar-refractivity contribution in [2.24, 2.45) is 5.73 Å². The fraction of sp³-hybridized carbons (Fsp3) is 0.0213. The molecule has 2 nitrogen and oxygen atoms in total. The Morgan fingerprint density at radius 1 is 0.510 bits per heavy atom. The molecule has 0 atom stereocenters. The van der Waals surface area contributed by atoms with Crippen molar-refractivity contribution < 1.29 is 0 Å². The molecule has 0 saturated heterocycles. The second-order valence-corrected chi connectivity index (χ2v) is 12.7. The van der Waals surface area contributed by atoms with Crippen LogP contribution in [0.1, 0.15) is 12.5 Å². The highest BCUT2D eigenvalue weighted by atomic mass is 15.0. The summed E-state index contributed by atoms with van der Waals surface area (Å²) in [5, 5.41) is 9.93. The maximum absolute atomic E-state index is 6.44. The Morgan fingerprint density at radius 3 is 2.06 bits per heavy atom. The summed E-state index contributed by atoms with van der Waals surface area (Å²) in [5.41, 5.74) is 16.6. The number of allylic oxidation sites excluding steroid dienone is 3. The van der Waals surface area contributed by atoms with E-state index in [1.807, 2.05) is 25.2 Å². The fourth-order valence-electron chi connectivity index (χ4n) is 7.50. The maximum Gasteiger partial charge on any atom is 0.0619 e. The highest BCUT2D eigenvalue weighted by Crippen LogP contribution is 2.40. The summed E-state index contributed by atoms with van der Waals surface area (Å²) in [6.45, 7) is 2.00. The zero-order valence-electron chi connectivity index (χ0n) is 27.3. The minimum atomic E-state index is 0.757. The number of benzene rings is 8. The number of hydrogen-bond acceptors (Lipinski definition) is 1. The van der Waals surface area contributed by atoms with Crippen molar-refractivity contribution in [3.63, 3.8) is 0 Å². The number of para-hydroxylation sites is 1. The molecule has 9 aromatic rings. The summed E-state index contributed by atoms with van der Waals surface area (Å²) in [4.78, 5) is 0. The molecule has 1 heterocycles. The molecule has 0 saturated carbocycles. The van der Waals surface area contributed by atoms with Crippen LogP contribution < -0.4 is 5.73 Å². The van der Waals surface area contributed by atoms with Gasteiger partial charge in [0.15, 0.2) is 0 Å². The van der Waals surface area contributed by atoms with Crippen LogP contribution in [0.3, 0.4) is 0 Å². The van der Waals surface area contributed by atoms with E-state index >= 15 is 0 Å². The first-order valence-corrected chi connectivity index (χ1v) is 16.8. The van der Waals surface area contributed by atoms with E-state index in [9.17, 15) is 0 Å². The normalized spacial score (nSPS) is 12.3. The number of hydrogen-bond donors (Lipinski definition) is 1. The van der Waals surface area contributed by atoms with Crippen LogP contribution in [0, 0.1) is 0 Å². The minimum Gasteiger partial charge on any atom is -0.398 e. The van der Waals surface area contributed by atoms with Crippen LogP contribution in [0.2, 0.25) is 0 Å². The van der Waals surface area contributed by atoms with Crippen molar-refractivity contribution in [1.29, 1.82) is 0 Å². The van der Waals surface area contributed by atoms with Crippen molar-refractivity contribution in [2.75, 3.05) is 0 Å². The van der Waals surface area contributed by atoms with Gasteiger partial charge in [-0.1, -0.05) is 133 Å². The van der Waals surface area contributed by atoms with Crippen molar-refractivity contribution in [3.05, 3.63) is 182 Å². The predicted octanol–water partition coefficient (Wildman–Crippen LogP) is 12.5. The van der Waals surface area contributed by atoms with Crippen molar-refractivity contribution in [3.8, 4) is 27.9 Å². The molecule has 0 amide bonds. The van der Waals surface area contributed by atoms with E-state index in [4.69, 9.17) is 5.73 Å². The van der Waals surface area contributed by atoms with Gasteiger partial charge in [0.1, 0.15) is 0 Å². The van der Waals surface area contributed by atoms with E-state index in [0.29, 0.717) is 0 Å². The van der Waals surface area contributed by atoms with Crippen LogP contribution in [0.15, 0.2) is 176 Å². The second-order valence-electron chi connectivity index (χ2n) is 12.7. The van der Waals surface area contributed by atoms with Gasteiger partial charge >= 0.3 is 0 Å². The average Bonchev–Trinajstić information content (AvgIpc) is 3.51. The SMILES string of the molecule is C/C=C\C=C(/N)c1ccc2c(ccc3c4ccc(-c5cccc(-c6cc7ccccc7c7ccccc67)c5)cc4n(-c4ccccc4)c23)c1. The van der Waals surface area contributed by atoms with Gasteiger partial charge in [-0.2, -0.15) is 0 Å². The Kier molecular flexibility index (Phi) is 6.88. The van der Waals surface area contributed by atoms with Crippen LogP contribution in [0.25, 0.3) is 87.8 Å². The molecule has 0 bridgehead atoms. The smallest absolute Gasteiger partial charge is 0.0619 e. The Balaban J connectivity index is 1.25. The standard InChI is InChI=1S/C47H34N2/c1-2-3-20-45(48)36-23-24-39-35(28-36)22-26-43-42-25-21-32(30-46(42)49(47(39)43)37-15-5-4-6-16-37)31-13-11-14-33(27-31)44-29-34-12-7-8-17-38(34)40-18-9-10-19-41(40)44/h2-30H,48H2,1H3/b3-2-,45-20-. The molecule has 0 aliphatic rings. The molecule has 0 fully saturated rings. The van der Waals surface area contributed by atoms with E-state index in [-0.39, 0.29) is 0 Å². The quantitative estimate of drug-likeness (QED) is 0.150. The Hall–Kier alpha value is -6.38. The van der Waals surface area contributed by atoms with Crippen molar-refractivity contribution in [2.45, 2.75) is 6.92 Å². The van der Waals surface area contributed by atoms with Crippen LogP contribution in [-0.2, 0) is 0 Å². The van der Waals surface area contributed by atoms with Crippen molar-refractivity contribution in [1.82, 2.24) is 4.57 Å². The van der Waals surface area contributed by atoms with E-state index in [0.717, 1.165) is 22.3 Å². The first-order valence-electron chi connectivity index (χ1n) is 16.8. The molecule has 8 aromatic carbocycles. The maximum atomic E-state index is 6.44. The van der Waals surface area contributed by atoms with Crippen LogP contribution in [0.5, 0.6) is 0 Å². The third-order valence-electron chi connectivity index (χ3n) is 9.83. The number of rotatable bonds is 5. The zero-order chi connectivity index (χ0) is 32.9. The summed E-state index contributed by atoms with van der Waals surface area (Å²) in [7, 11) is 0. The first-order chi connectivity index (χ1) is 24.2. The molecule has 232 valence electrons. The van der Waals surface area contributed by atoms with Gasteiger partial charge in [-0.25, -0.2) is 0 Å². The highest BCUT2D eigenvalue weighted by molar-refractivity contribution is 6.19. The van der Waals surface area contributed by atoms with Gasteiger partial charge in [-0.3, -0.25) is 0 Å². The van der Waals surface area contributed by atoms with Crippen LogP contribution in [-0.4, -0.2) is 4.57 Å². The summed E-state index contributed by atoms with van der Waals surface area (Å²) < 4.78 is 2.43. The minimum absolute atomic E-state index is 0.757. The molecular weight excluding hydrogens is 593 g/mol. The molecule has 9 rings (SSSR count). The van der Waals surface area contributed by atoms with Crippen LogP contribution >= 0.6 is 0 Å². The Bertz CT molecular complexity index is 2780. The number of nitrogens with zero attached hydrogens (tertiary/aromatic N) is 1. The monoisotopic (exact) mass is 626 g/mol. The fourth-order valence-corrected chi connectivity index (χ4v) is 7.50. The van der Waals surface area contributed by atoms with E-state index in [1.165, 1.54) is 71.0 Å². The topological polar surface area (TPSA) is 30.9 Å². The highest BCUT2D eigenvalue weighted by Gasteiger charge is 2.17.